The van der Waals surface area contributed by atoms with Gasteiger partial charge in [-0.2, -0.15) is 0 Å². The van der Waals surface area contributed by atoms with Crippen LogP contribution in [0.5, 0.6) is 17.2 Å². The Kier molecular flexibility index (Phi) is 7.57. The Morgan fingerprint density at radius 1 is 1.19 bits per heavy atom. The van der Waals surface area contributed by atoms with Crippen LogP contribution in [-0.2, 0) is 11.2 Å². The number of fused-ring (bicyclic) bond motifs is 1. The van der Waals surface area contributed by atoms with E-state index in [4.69, 9.17) is 25.8 Å². The summed E-state index contributed by atoms with van der Waals surface area (Å²) < 4.78 is 16.8. The summed E-state index contributed by atoms with van der Waals surface area (Å²) in [5, 5.41) is 10.9. The van der Waals surface area contributed by atoms with Gasteiger partial charge in [0.05, 0.1) is 25.2 Å². The lowest BCUT2D eigenvalue weighted by molar-refractivity contribution is -0.384. The summed E-state index contributed by atoms with van der Waals surface area (Å²) >= 11 is 5.78. The monoisotopic (exact) mass is 448 g/mol. The minimum Gasteiger partial charge on any atom is -0.493 e. The molecule has 166 valence electrons. The number of carbonyl (C=O) groups is 1. The topological polar surface area (TPSA) is 91.1 Å². The molecule has 31 heavy (non-hydrogen) atoms. The molecular weight excluding hydrogens is 424 g/mol. The van der Waals surface area contributed by atoms with Crippen LogP contribution in [0.3, 0.4) is 0 Å². The fourth-order valence-electron chi connectivity index (χ4n) is 3.71. The van der Waals surface area contributed by atoms with Crippen molar-refractivity contribution in [1.29, 1.82) is 0 Å². The lowest BCUT2D eigenvalue weighted by Gasteiger charge is -2.37. The molecule has 3 rings (SSSR count). The number of halogens is 1. The van der Waals surface area contributed by atoms with Crippen molar-refractivity contribution in [2.45, 2.75) is 25.3 Å². The molecule has 0 aromatic heterocycles. The molecule has 9 heteroatoms. The molecule has 2 aromatic carbocycles. The van der Waals surface area contributed by atoms with Gasteiger partial charge in [0.25, 0.3) is 5.69 Å². The first-order valence-corrected chi connectivity index (χ1v) is 10.5. The molecule has 1 aliphatic heterocycles. The lowest BCUT2D eigenvalue weighted by Crippen LogP contribution is -2.42. The minimum absolute atomic E-state index is 0.00919. The Labute approximate surface area is 185 Å². The molecule has 0 unspecified atom stereocenters. The van der Waals surface area contributed by atoms with Crippen LogP contribution in [0, 0.1) is 10.1 Å². The average Bonchev–Trinajstić information content (AvgIpc) is 2.79. The van der Waals surface area contributed by atoms with Gasteiger partial charge in [0.2, 0.25) is 5.91 Å². The summed E-state index contributed by atoms with van der Waals surface area (Å²) in [5.74, 6) is 2.14. The van der Waals surface area contributed by atoms with E-state index in [1.54, 1.807) is 26.4 Å². The molecule has 0 fully saturated rings. The number of methoxy groups -OCH3 is 2. The van der Waals surface area contributed by atoms with Gasteiger partial charge < -0.3 is 19.1 Å². The Morgan fingerprint density at radius 2 is 1.87 bits per heavy atom. The van der Waals surface area contributed by atoms with E-state index in [9.17, 15) is 14.9 Å². The fourth-order valence-corrected chi connectivity index (χ4v) is 3.84. The van der Waals surface area contributed by atoms with E-state index in [0.29, 0.717) is 48.9 Å². The maximum atomic E-state index is 12.9. The van der Waals surface area contributed by atoms with Gasteiger partial charge >= 0.3 is 0 Å². The third kappa shape index (κ3) is 5.19. The van der Waals surface area contributed by atoms with Crippen molar-refractivity contribution in [3.8, 4) is 17.2 Å². The smallest absolute Gasteiger partial charge is 0.269 e. The largest absolute Gasteiger partial charge is 0.493 e. The molecule has 8 nitrogen and oxygen atoms in total. The number of nitro groups is 1. The zero-order valence-corrected chi connectivity index (χ0v) is 18.3. The van der Waals surface area contributed by atoms with Crippen molar-refractivity contribution >= 4 is 23.2 Å². The molecule has 0 spiro atoms. The maximum Gasteiger partial charge on any atom is 0.269 e. The number of alkyl halides is 1. The number of non-ortho nitro benzene ring substituents is 1. The highest BCUT2D eigenvalue weighted by Gasteiger charge is 2.32. The van der Waals surface area contributed by atoms with Crippen LogP contribution in [-0.4, -0.2) is 49.0 Å². The molecule has 0 aliphatic carbocycles. The molecule has 0 N–H and O–H groups in total. The van der Waals surface area contributed by atoms with Crippen molar-refractivity contribution in [3.63, 3.8) is 0 Å². The summed E-state index contributed by atoms with van der Waals surface area (Å²) in [5.41, 5.74) is 1.99. The summed E-state index contributed by atoms with van der Waals surface area (Å²) in [7, 11) is 3.16. The van der Waals surface area contributed by atoms with Crippen LogP contribution >= 0.6 is 11.6 Å². The van der Waals surface area contributed by atoms with Crippen molar-refractivity contribution in [3.05, 3.63) is 57.6 Å². The number of carbonyl (C=O) groups excluding carboxylic acids is 1. The van der Waals surface area contributed by atoms with Gasteiger partial charge in [-0.3, -0.25) is 14.9 Å². The molecule has 0 saturated carbocycles. The first-order valence-electron chi connectivity index (χ1n) is 9.96. The van der Waals surface area contributed by atoms with E-state index in [0.717, 1.165) is 11.1 Å². The molecule has 1 heterocycles. The predicted octanol–water partition coefficient (Wildman–Crippen LogP) is 4.14. The van der Waals surface area contributed by atoms with Gasteiger partial charge in [0.1, 0.15) is 12.4 Å². The normalized spacial score (nSPS) is 15.2. The molecule has 1 amide bonds. The van der Waals surface area contributed by atoms with E-state index in [1.165, 1.54) is 12.1 Å². The average molecular weight is 449 g/mol. The highest BCUT2D eigenvalue weighted by atomic mass is 35.5. The molecular formula is C22H25ClN2O6. The molecule has 1 atom stereocenters. The van der Waals surface area contributed by atoms with E-state index < -0.39 is 4.92 Å². The van der Waals surface area contributed by atoms with Gasteiger partial charge in [-0.1, -0.05) is 0 Å². The van der Waals surface area contributed by atoms with Gasteiger partial charge in [0.15, 0.2) is 11.5 Å². The maximum absolute atomic E-state index is 12.9. The van der Waals surface area contributed by atoms with Crippen molar-refractivity contribution in [1.82, 2.24) is 4.90 Å². The molecule has 1 aliphatic rings. The zero-order valence-electron chi connectivity index (χ0n) is 17.5. The number of nitro benzene ring substituents is 1. The van der Waals surface area contributed by atoms with Crippen LogP contribution in [0.1, 0.15) is 30.0 Å². The number of benzene rings is 2. The van der Waals surface area contributed by atoms with Crippen molar-refractivity contribution in [2.75, 3.05) is 33.3 Å². The highest BCUT2D eigenvalue weighted by Crippen LogP contribution is 2.38. The Hall–Kier alpha value is -3.00. The Morgan fingerprint density at radius 3 is 2.48 bits per heavy atom. The second kappa shape index (κ2) is 10.3. The van der Waals surface area contributed by atoms with Gasteiger partial charge in [-0.05, 0) is 48.2 Å². The van der Waals surface area contributed by atoms with Crippen LogP contribution in [0.15, 0.2) is 36.4 Å². The number of hydrogen-bond acceptors (Lipinski definition) is 6. The zero-order chi connectivity index (χ0) is 22.4. The molecule has 0 saturated heterocycles. The first-order chi connectivity index (χ1) is 15.0. The molecule has 2 aromatic rings. The third-order valence-electron chi connectivity index (χ3n) is 5.30. The standard InChI is InChI=1S/C22H25ClN2O6/c1-29-20-12-15-9-11-24(22(26)4-3-10-23)19(18(15)13-21(20)30-2)14-31-17-7-5-16(6-8-17)25(27)28/h5-8,12-13,19H,3-4,9-11,14H2,1-2H3/t19-/m0/s1. The molecule has 0 radical (unpaired) electrons. The fraction of sp³-hybridized carbons (Fsp3) is 0.409. The SMILES string of the molecule is COc1cc2c(cc1OC)[C@H](COc1ccc([N+](=O)[O-])cc1)N(C(=O)CCCCl)CC2. The van der Waals surface area contributed by atoms with Crippen LogP contribution in [0.4, 0.5) is 5.69 Å². The quantitative estimate of drug-likeness (QED) is 0.325. The second-order valence-electron chi connectivity index (χ2n) is 7.11. The third-order valence-corrected chi connectivity index (χ3v) is 5.57. The van der Waals surface area contributed by atoms with Crippen molar-refractivity contribution in [2.24, 2.45) is 0 Å². The minimum atomic E-state index is -0.460. The van der Waals surface area contributed by atoms with Gasteiger partial charge in [-0.25, -0.2) is 0 Å². The highest BCUT2D eigenvalue weighted by molar-refractivity contribution is 6.17. The number of nitrogens with zero attached hydrogens (tertiary/aromatic N) is 2. The summed E-state index contributed by atoms with van der Waals surface area (Å²) in [4.78, 5) is 25.1. The Bertz CT molecular complexity index is 934. The van der Waals surface area contributed by atoms with E-state index in [2.05, 4.69) is 0 Å². The van der Waals surface area contributed by atoms with E-state index in [1.807, 2.05) is 17.0 Å². The number of hydrogen-bond donors (Lipinski definition) is 0. The van der Waals surface area contributed by atoms with Gasteiger partial charge in [0, 0.05) is 31.0 Å². The lowest BCUT2D eigenvalue weighted by atomic mass is 9.91. The van der Waals surface area contributed by atoms with Crippen LogP contribution in [0.2, 0.25) is 0 Å². The van der Waals surface area contributed by atoms with Crippen molar-refractivity contribution < 1.29 is 23.9 Å². The van der Waals surface area contributed by atoms with E-state index >= 15 is 0 Å². The van der Waals surface area contributed by atoms with Crippen LogP contribution < -0.4 is 14.2 Å². The predicted molar refractivity (Wildman–Crippen MR) is 116 cm³/mol. The Balaban J connectivity index is 1.89. The summed E-state index contributed by atoms with van der Waals surface area (Å²) in [6.45, 7) is 0.755. The summed E-state index contributed by atoms with van der Waals surface area (Å²) in [6, 6.07) is 9.38. The number of rotatable bonds is 9. The second-order valence-corrected chi connectivity index (χ2v) is 7.49. The first kappa shape index (κ1) is 22.7. The van der Waals surface area contributed by atoms with Gasteiger partial charge in [-0.15, -0.1) is 11.6 Å². The number of amides is 1. The summed E-state index contributed by atoms with van der Waals surface area (Å²) in [6.07, 6.45) is 1.65. The molecule has 0 bridgehead atoms. The number of ether oxygens (including phenoxy) is 3. The van der Waals surface area contributed by atoms with Crippen LogP contribution in [0.25, 0.3) is 0 Å². The van der Waals surface area contributed by atoms with E-state index in [-0.39, 0.29) is 24.2 Å².